The van der Waals surface area contributed by atoms with E-state index in [2.05, 4.69) is 15.9 Å². The summed E-state index contributed by atoms with van der Waals surface area (Å²) >= 11 is 3.22. The third-order valence-electron chi connectivity index (χ3n) is 3.50. The van der Waals surface area contributed by atoms with Gasteiger partial charge in [-0.05, 0) is 37.0 Å². The monoisotopic (exact) mass is 343 g/mol. The Hall–Kier alpha value is -1.43. The second kappa shape index (κ2) is 6.35. The van der Waals surface area contributed by atoms with Crippen molar-refractivity contribution in [1.82, 2.24) is 4.90 Å². The number of carbonyl (C=O) groups is 2. The van der Waals surface area contributed by atoms with Crippen LogP contribution in [0.2, 0.25) is 0 Å². The summed E-state index contributed by atoms with van der Waals surface area (Å²) in [6.07, 6.45) is 1.44. The van der Waals surface area contributed by atoms with E-state index in [-0.39, 0.29) is 23.8 Å². The van der Waals surface area contributed by atoms with Crippen LogP contribution in [0.5, 0.6) is 0 Å². The molecular weight excluding hydrogens is 329 g/mol. The predicted octanol–water partition coefficient (Wildman–Crippen LogP) is 2.92. The molecule has 0 aliphatic carbocycles. The number of rotatable bonds is 4. The van der Waals surface area contributed by atoms with Crippen molar-refractivity contribution >= 4 is 27.8 Å². The van der Waals surface area contributed by atoms with Gasteiger partial charge in [0.1, 0.15) is 5.82 Å². The van der Waals surface area contributed by atoms with Crippen molar-refractivity contribution in [3.63, 3.8) is 0 Å². The van der Waals surface area contributed by atoms with Gasteiger partial charge in [-0.1, -0.05) is 15.9 Å². The minimum atomic E-state index is -0.826. The predicted molar refractivity (Wildman–Crippen MR) is 75.0 cm³/mol. The van der Waals surface area contributed by atoms with Crippen LogP contribution in [0.1, 0.15) is 29.6 Å². The van der Waals surface area contributed by atoms with Gasteiger partial charge >= 0.3 is 5.97 Å². The molecule has 1 aromatic carbocycles. The van der Waals surface area contributed by atoms with Crippen molar-refractivity contribution in [3.8, 4) is 0 Å². The Morgan fingerprint density at radius 3 is 2.90 bits per heavy atom. The summed E-state index contributed by atoms with van der Waals surface area (Å²) in [4.78, 5) is 24.4. The molecule has 1 atom stereocenters. The molecular formula is C14H15BrFNO3. The first-order chi connectivity index (χ1) is 9.47. The maximum atomic E-state index is 13.7. The highest BCUT2D eigenvalue weighted by atomic mass is 79.9. The lowest BCUT2D eigenvalue weighted by Crippen LogP contribution is -2.29. The lowest BCUT2D eigenvalue weighted by molar-refractivity contribution is -0.137. The largest absolute Gasteiger partial charge is 0.481 e. The van der Waals surface area contributed by atoms with Gasteiger partial charge in [-0.25, -0.2) is 4.39 Å². The molecule has 108 valence electrons. The van der Waals surface area contributed by atoms with Crippen LogP contribution in [0.15, 0.2) is 22.7 Å². The average molecular weight is 344 g/mol. The standard InChI is InChI=1S/C14H15BrFNO3/c15-10-2-3-12(16)11(7-10)14(20)17-6-5-9(8-17)1-4-13(18)19/h2-3,7,9H,1,4-6,8H2,(H,18,19). The fourth-order valence-corrected chi connectivity index (χ4v) is 2.77. The van der Waals surface area contributed by atoms with E-state index in [0.29, 0.717) is 24.0 Å². The molecule has 0 aromatic heterocycles. The van der Waals surface area contributed by atoms with Crippen molar-refractivity contribution in [1.29, 1.82) is 0 Å². The Labute approximate surface area is 124 Å². The third kappa shape index (κ3) is 3.56. The van der Waals surface area contributed by atoms with Crippen molar-refractivity contribution in [2.45, 2.75) is 19.3 Å². The summed E-state index contributed by atoms with van der Waals surface area (Å²) in [6, 6.07) is 4.28. The molecule has 1 aliphatic heterocycles. The van der Waals surface area contributed by atoms with Gasteiger partial charge in [-0.15, -0.1) is 0 Å². The number of aliphatic carboxylic acids is 1. The minimum Gasteiger partial charge on any atom is -0.481 e. The molecule has 1 N–H and O–H groups in total. The summed E-state index contributed by atoms with van der Waals surface area (Å²) in [5, 5.41) is 8.66. The molecule has 4 nitrogen and oxygen atoms in total. The van der Waals surface area contributed by atoms with Crippen LogP contribution in [0.4, 0.5) is 4.39 Å². The van der Waals surface area contributed by atoms with Crippen LogP contribution in [-0.4, -0.2) is 35.0 Å². The lowest BCUT2D eigenvalue weighted by Gasteiger charge is -2.17. The summed E-state index contributed by atoms with van der Waals surface area (Å²) < 4.78 is 14.3. The number of benzene rings is 1. The molecule has 1 heterocycles. The third-order valence-corrected chi connectivity index (χ3v) is 3.99. The Morgan fingerprint density at radius 1 is 1.45 bits per heavy atom. The van der Waals surface area contributed by atoms with E-state index in [4.69, 9.17) is 5.11 Å². The summed E-state index contributed by atoms with van der Waals surface area (Å²) in [5.41, 5.74) is 0.0539. The van der Waals surface area contributed by atoms with Crippen molar-refractivity contribution < 1.29 is 19.1 Å². The van der Waals surface area contributed by atoms with Crippen LogP contribution in [-0.2, 0) is 4.79 Å². The summed E-state index contributed by atoms with van der Waals surface area (Å²) in [5.74, 6) is -1.51. The van der Waals surface area contributed by atoms with Crippen LogP contribution < -0.4 is 0 Å². The number of carbonyl (C=O) groups excluding carboxylic acids is 1. The van der Waals surface area contributed by atoms with E-state index in [1.54, 1.807) is 11.0 Å². The van der Waals surface area contributed by atoms with E-state index in [1.165, 1.54) is 12.1 Å². The van der Waals surface area contributed by atoms with Gasteiger partial charge in [0.2, 0.25) is 0 Å². The fourth-order valence-electron chi connectivity index (χ4n) is 2.41. The van der Waals surface area contributed by atoms with E-state index in [0.717, 1.165) is 6.42 Å². The van der Waals surface area contributed by atoms with E-state index in [1.807, 2.05) is 0 Å². The highest BCUT2D eigenvalue weighted by Gasteiger charge is 2.28. The maximum absolute atomic E-state index is 13.7. The number of halogens is 2. The first-order valence-corrected chi connectivity index (χ1v) is 7.23. The topological polar surface area (TPSA) is 57.6 Å². The molecule has 1 unspecified atom stereocenters. The Bertz CT molecular complexity index is 535. The zero-order valence-corrected chi connectivity index (χ0v) is 12.4. The van der Waals surface area contributed by atoms with E-state index >= 15 is 0 Å². The zero-order valence-electron chi connectivity index (χ0n) is 10.8. The molecule has 0 spiro atoms. The summed E-state index contributed by atoms with van der Waals surface area (Å²) in [6.45, 7) is 1.05. The number of carboxylic acids is 1. The molecule has 2 rings (SSSR count). The van der Waals surface area contributed by atoms with Gasteiger partial charge in [0.05, 0.1) is 5.56 Å². The van der Waals surface area contributed by atoms with Gasteiger partial charge in [0.25, 0.3) is 5.91 Å². The molecule has 1 amide bonds. The molecule has 1 saturated heterocycles. The number of hydrogen-bond acceptors (Lipinski definition) is 2. The first kappa shape index (κ1) is 15.0. The normalized spacial score (nSPS) is 18.3. The lowest BCUT2D eigenvalue weighted by atomic mass is 10.0. The molecule has 0 saturated carbocycles. The molecule has 6 heteroatoms. The van der Waals surface area contributed by atoms with E-state index in [9.17, 15) is 14.0 Å². The molecule has 1 aromatic rings. The molecule has 0 radical (unpaired) electrons. The number of likely N-dealkylation sites (tertiary alicyclic amines) is 1. The zero-order chi connectivity index (χ0) is 14.7. The smallest absolute Gasteiger partial charge is 0.303 e. The summed E-state index contributed by atoms with van der Waals surface area (Å²) in [7, 11) is 0. The Morgan fingerprint density at radius 2 is 2.20 bits per heavy atom. The fraction of sp³-hybridized carbons (Fsp3) is 0.429. The molecule has 1 fully saturated rings. The minimum absolute atomic E-state index is 0.0539. The van der Waals surface area contributed by atoms with Crippen molar-refractivity contribution in [2.75, 3.05) is 13.1 Å². The number of hydrogen-bond donors (Lipinski definition) is 1. The molecule has 1 aliphatic rings. The van der Waals surface area contributed by atoms with Gasteiger partial charge < -0.3 is 10.0 Å². The van der Waals surface area contributed by atoms with Gasteiger partial charge in [0, 0.05) is 24.0 Å². The maximum Gasteiger partial charge on any atom is 0.303 e. The van der Waals surface area contributed by atoms with Crippen molar-refractivity contribution in [2.24, 2.45) is 5.92 Å². The quantitative estimate of drug-likeness (QED) is 0.914. The average Bonchev–Trinajstić information content (AvgIpc) is 2.87. The van der Waals surface area contributed by atoms with Gasteiger partial charge in [-0.2, -0.15) is 0 Å². The molecule has 0 bridgehead atoms. The second-order valence-electron chi connectivity index (χ2n) is 4.96. The number of amides is 1. The van der Waals surface area contributed by atoms with Gasteiger partial charge in [0.15, 0.2) is 0 Å². The van der Waals surface area contributed by atoms with Crippen LogP contribution >= 0.6 is 15.9 Å². The number of nitrogens with zero attached hydrogens (tertiary/aromatic N) is 1. The Kier molecular flexibility index (Phi) is 4.75. The van der Waals surface area contributed by atoms with Crippen LogP contribution in [0, 0.1) is 11.7 Å². The van der Waals surface area contributed by atoms with Gasteiger partial charge in [-0.3, -0.25) is 9.59 Å². The highest BCUT2D eigenvalue weighted by Crippen LogP contribution is 2.24. The van der Waals surface area contributed by atoms with Crippen LogP contribution in [0.3, 0.4) is 0 Å². The van der Waals surface area contributed by atoms with Crippen LogP contribution in [0.25, 0.3) is 0 Å². The second-order valence-corrected chi connectivity index (χ2v) is 5.88. The first-order valence-electron chi connectivity index (χ1n) is 6.43. The Balaban J connectivity index is 2.00. The SMILES string of the molecule is O=C(O)CCC1CCN(C(=O)c2cc(Br)ccc2F)C1. The highest BCUT2D eigenvalue weighted by molar-refractivity contribution is 9.10. The molecule has 20 heavy (non-hydrogen) atoms. The van der Waals surface area contributed by atoms with Crippen molar-refractivity contribution in [3.05, 3.63) is 34.1 Å². The van der Waals surface area contributed by atoms with E-state index < -0.39 is 11.8 Å². The number of carboxylic acid groups (broad SMARTS) is 1.